The van der Waals surface area contributed by atoms with Crippen molar-refractivity contribution in [2.24, 2.45) is 0 Å². The third kappa shape index (κ3) is 4.51. The molecule has 0 aliphatic rings. The minimum absolute atomic E-state index is 0.208. The number of aryl methyl sites for hydroxylation is 2. The Morgan fingerprint density at radius 1 is 1.00 bits per heavy atom. The van der Waals surface area contributed by atoms with Crippen molar-refractivity contribution in [1.29, 1.82) is 0 Å². The molecule has 0 saturated heterocycles. The van der Waals surface area contributed by atoms with Crippen molar-refractivity contribution in [3.63, 3.8) is 0 Å². The van der Waals surface area contributed by atoms with Gasteiger partial charge in [0.05, 0.1) is 6.54 Å². The van der Waals surface area contributed by atoms with Gasteiger partial charge in [0, 0.05) is 12.1 Å². The quantitative estimate of drug-likeness (QED) is 0.707. The largest absolute Gasteiger partial charge is 0.441 e. The predicted octanol–water partition coefficient (Wildman–Crippen LogP) is 4.00. The summed E-state index contributed by atoms with van der Waals surface area (Å²) in [4.78, 5) is 16.5. The highest BCUT2D eigenvalue weighted by Crippen LogP contribution is 2.24. The zero-order valence-corrected chi connectivity index (χ0v) is 15.1. The molecule has 3 rings (SSSR count). The monoisotopic (exact) mass is 349 g/mol. The average Bonchev–Trinajstić information content (AvgIpc) is 3.02. The van der Waals surface area contributed by atoms with Crippen molar-refractivity contribution in [1.82, 2.24) is 15.6 Å². The Hall–Kier alpha value is -3.08. The lowest BCUT2D eigenvalue weighted by Gasteiger charge is -2.06. The number of carbonyl (C=O) groups is 1. The van der Waals surface area contributed by atoms with Crippen LogP contribution in [0, 0.1) is 13.8 Å². The van der Waals surface area contributed by atoms with E-state index in [1.807, 2.05) is 68.4 Å². The van der Waals surface area contributed by atoms with Crippen molar-refractivity contribution in [2.45, 2.75) is 26.8 Å². The predicted molar refractivity (Wildman–Crippen MR) is 102 cm³/mol. The number of nitrogens with one attached hydrogen (secondary N) is 2. The van der Waals surface area contributed by atoms with Crippen LogP contribution >= 0.6 is 0 Å². The minimum atomic E-state index is -0.208. The van der Waals surface area contributed by atoms with Gasteiger partial charge in [0.15, 0.2) is 0 Å². The fraction of sp³-hybridized carbons (Fsp3) is 0.238. The van der Waals surface area contributed by atoms with Crippen molar-refractivity contribution >= 4 is 6.03 Å². The van der Waals surface area contributed by atoms with Crippen LogP contribution in [-0.2, 0) is 13.0 Å². The highest BCUT2D eigenvalue weighted by molar-refractivity contribution is 5.73. The lowest BCUT2D eigenvalue weighted by molar-refractivity contribution is 0.240. The molecule has 0 bridgehead atoms. The molecule has 0 radical (unpaired) electrons. The normalized spacial score (nSPS) is 10.5. The number of hydrogen-bond donors (Lipinski definition) is 2. The fourth-order valence-corrected chi connectivity index (χ4v) is 2.71. The van der Waals surface area contributed by atoms with Crippen molar-refractivity contribution in [3.8, 4) is 11.5 Å². The van der Waals surface area contributed by atoms with Crippen LogP contribution in [-0.4, -0.2) is 17.6 Å². The number of urea groups is 1. The number of rotatable bonds is 6. The van der Waals surface area contributed by atoms with Crippen molar-refractivity contribution in [2.75, 3.05) is 6.54 Å². The number of nitrogens with zero attached hydrogens (tertiary/aromatic N) is 1. The Labute approximate surface area is 153 Å². The first-order valence-corrected chi connectivity index (χ1v) is 8.71. The average molecular weight is 349 g/mol. The molecule has 1 aromatic heterocycles. The smallest absolute Gasteiger partial charge is 0.315 e. The van der Waals surface area contributed by atoms with E-state index in [0.29, 0.717) is 24.7 Å². The summed E-state index contributed by atoms with van der Waals surface area (Å²) in [7, 11) is 0. The molecule has 5 nitrogen and oxygen atoms in total. The van der Waals surface area contributed by atoms with Crippen LogP contribution in [0.25, 0.3) is 11.5 Å². The molecule has 26 heavy (non-hydrogen) atoms. The van der Waals surface area contributed by atoms with Crippen molar-refractivity contribution < 1.29 is 9.21 Å². The van der Waals surface area contributed by atoms with Crippen LogP contribution < -0.4 is 10.6 Å². The highest BCUT2D eigenvalue weighted by atomic mass is 16.4. The third-order valence-electron chi connectivity index (χ3n) is 4.23. The van der Waals surface area contributed by atoms with E-state index < -0.39 is 0 Å². The molecule has 5 heteroatoms. The molecule has 0 aliphatic heterocycles. The number of benzene rings is 2. The second-order valence-electron chi connectivity index (χ2n) is 6.18. The number of carbonyl (C=O) groups excluding carboxylic acids is 1. The van der Waals surface area contributed by atoms with Gasteiger partial charge in [-0.2, -0.15) is 0 Å². The fourth-order valence-electron chi connectivity index (χ4n) is 2.71. The zero-order valence-electron chi connectivity index (χ0n) is 15.1. The van der Waals surface area contributed by atoms with Crippen LogP contribution in [0.4, 0.5) is 4.79 Å². The summed E-state index contributed by atoms with van der Waals surface area (Å²) in [6.45, 7) is 4.80. The molecule has 1 heterocycles. The molecule has 0 unspecified atom stereocenters. The van der Waals surface area contributed by atoms with Gasteiger partial charge in [-0.25, -0.2) is 9.78 Å². The van der Waals surface area contributed by atoms with Gasteiger partial charge in [-0.05, 0) is 37.5 Å². The lowest BCUT2D eigenvalue weighted by Crippen LogP contribution is -2.36. The van der Waals surface area contributed by atoms with Crippen LogP contribution in [0.1, 0.15) is 22.6 Å². The van der Waals surface area contributed by atoms with Crippen LogP contribution in [0.2, 0.25) is 0 Å². The highest BCUT2D eigenvalue weighted by Gasteiger charge is 2.13. The Balaban J connectivity index is 1.51. The van der Waals surface area contributed by atoms with Crippen LogP contribution in [0.5, 0.6) is 0 Å². The molecule has 0 atom stereocenters. The molecule has 0 aliphatic carbocycles. The molecule has 134 valence electrons. The molecule has 3 aromatic rings. The molecule has 2 amide bonds. The summed E-state index contributed by atoms with van der Waals surface area (Å²) in [6, 6.07) is 17.8. The first-order valence-electron chi connectivity index (χ1n) is 8.71. The van der Waals surface area contributed by atoms with E-state index >= 15 is 0 Å². The molecule has 0 spiro atoms. The van der Waals surface area contributed by atoms with E-state index in [1.165, 1.54) is 5.56 Å². The number of aromatic nitrogens is 1. The van der Waals surface area contributed by atoms with Gasteiger partial charge in [0.25, 0.3) is 0 Å². The molecule has 0 saturated carbocycles. The summed E-state index contributed by atoms with van der Waals surface area (Å²) in [5.74, 6) is 1.30. The third-order valence-corrected chi connectivity index (χ3v) is 4.23. The Kier molecular flexibility index (Phi) is 5.69. The molecular weight excluding hydrogens is 326 g/mol. The van der Waals surface area contributed by atoms with E-state index in [-0.39, 0.29) is 6.03 Å². The summed E-state index contributed by atoms with van der Waals surface area (Å²) < 4.78 is 5.77. The van der Waals surface area contributed by atoms with E-state index in [1.54, 1.807) is 0 Å². The molecule has 2 aromatic carbocycles. The van der Waals surface area contributed by atoms with Crippen LogP contribution in [0.3, 0.4) is 0 Å². The van der Waals surface area contributed by atoms with Gasteiger partial charge in [-0.3, -0.25) is 0 Å². The van der Waals surface area contributed by atoms with Crippen molar-refractivity contribution in [3.05, 3.63) is 77.2 Å². The molecule has 2 N–H and O–H groups in total. The summed E-state index contributed by atoms with van der Waals surface area (Å²) in [5.41, 5.74) is 4.01. The molecular formula is C21H23N3O2. The zero-order chi connectivity index (χ0) is 18.4. The van der Waals surface area contributed by atoms with E-state index in [4.69, 9.17) is 4.42 Å². The second kappa shape index (κ2) is 8.34. The second-order valence-corrected chi connectivity index (χ2v) is 6.18. The standard InChI is InChI=1S/C21H23N3O2/c1-15-8-6-7-11-18(15)20-24-19(16(2)26-20)14-23-21(25)22-13-12-17-9-4-3-5-10-17/h3-11H,12-14H2,1-2H3,(H2,22,23,25). The summed E-state index contributed by atoms with van der Waals surface area (Å²) in [6.07, 6.45) is 0.800. The minimum Gasteiger partial charge on any atom is -0.441 e. The van der Waals surface area contributed by atoms with E-state index in [0.717, 1.165) is 23.2 Å². The van der Waals surface area contributed by atoms with Gasteiger partial charge < -0.3 is 15.1 Å². The van der Waals surface area contributed by atoms with Crippen LogP contribution in [0.15, 0.2) is 59.0 Å². The topological polar surface area (TPSA) is 67.2 Å². The maximum Gasteiger partial charge on any atom is 0.315 e. The van der Waals surface area contributed by atoms with E-state index in [9.17, 15) is 4.79 Å². The Morgan fingerprint density at radius 3 is 2.50 bits per heavy atom. The lowest BCUT2D eigenvalue weighted by atomic mass is 10.1. The molecule has 0 fully saturated rings. The summed E-state index contributed by atoms with van der Waals surface area (Å²) in [5, 5.41) is 5.69. The summed E-state index contributed by atoms with van der Waals surface area (Å²) >= 11 is 0. The number of amides is 2. The first-order chi connectivity index (χ1) is 12.6. The SMILES string of the molecule is Cc1ccccc1-c1nc(CNC(=O)NCCc2ccccc2)c(C)o1. The maximum atomic E-state index is 12.0. The Morgan fingerprint density at radius 2 is 1.73 bits per heavy atom. The number of oxazole rings is 1. The van der Waals surface area contributed by atoms with Gasteiger partial charge in [0.1, 0.15) is 11.5 Å². The van der Waals surface area contributed by atoms with Gasteiger partial charge in [0.2, 0.25) is 5.89 Å². The maximum absolute atomic E-state index is 12.0. The van der Waals surface area contributed by atoms with Gasteiger partial charge in [-0.15, -0.1) is 0 Å². The Bertz CT molecular complexity index is 872. The van der Waals surface area contributed by atoms with Gasteiger partial charge >= 0.3 is 6.03 Å². The number of hydrogen-bond acceptors (Lipinski definition) is 3. The first kappa shape index (κ1) is 17.7. The van der Waals surface area contributed by atoms with E-state index in [2.05, 4.69) is 15.6 Å². The van der Waals surface area contributed by atoms with Gasteiger partial charge in [-0.1, -0.05) is 48.5 Å².